The monoisotopic (exact) mass is 350 g/mol. The highest BCUT2D eigenvalue weighted by molar-refractivity contribution is 7.90. The Labute approximate surface area is 142 Å². The van der Waals surface area contributed by atoms with E-state index in [4.69, 9.17) is 0 Å². The van der Waals surface area contributed by atoms with Crippen LogP contribution in [-0.2, 0) is 25.8 Å². The number of nitrogens with zero attached hydrogens (tertiary/aromatic N) is 1. The summed E-state index contributed by atoms with van der Waals surface area (Å²) in [4.78, 5) is 26.1. The molecule has 3 rings (SSSR count). The van der Waals surface area contributed by atoms with E-state index in [1.165, 1.54) is 0 Å². The van der Waals surface area contributed by atoms with E-state index >= 15 is 0 Å². The fraction of sp³-hybridized carbons (Fsp3) is 0.529. The molecule has 1 aliphatic carbocycles. The van der Waals surface area contributed by atoms with E-state index in [1.54, 1.807) is 6.07 Å². The third-order valence-electron chi connectivity index (χ3n) is 4.37. The fourth-order valence-electron chi connectivity index (χ4n) is 2.96. The van der Waals surface area contributed by atoms with E-state index < -0.39 is 9.84 Å². The van der Waals surface area contributed by atoms with Crippen molar-refractivity contribution in [3.05, 3.63) is 23.8 Å². The predicted molar refractivity (Wildman–Crippen MR) is 92.8 cm³/mol. The molecule has 0 saturated heterocycles. The molecule has 2 amide bonds. The van der Waals surface area contributed by atoms with Crippen molar-refractivity contribution in [3.8, 4) is 0 Å². The lowest BCUT2D eigenvalue weighted by Crippen LogP contribution is -2.36. The van der Waals surface area contributed by atoms with Crippen molar-refractivity contribution in [1.29, 1.82) is 0 Å². The van der Waals surface area contributed by atoms with Gasteiger partial charge < -0.3 is 10.2 Å². The molecule has 7 heteroatoms. The molecule has 0 unspecified atom stereocenters. The Kier molecular flexibility index (Phi) is 4.62. The molecule has 24 heavy (non-hydrogen) atoms. The minimum atomic E-state index is -3.15. The summed E-state index contributed by atoms with van der Waals surface area (Å²) in [6, 6.07) is 5.54. The molecular formula is C17H22N2O4S. The van der Waals surface area contributed by atoms with E-state index in [1.807, 2.05) is 17.0 Å². The molecule has 2 aliphatic rings. The summed E-state index contributed by atoms with van der Waals surface area (Å²) in [7, 11) is -3.15. The predicted octanol–water partition coefficient (Wildman–Crippen LogP) is 1.75. The second-order valence-corrected chi connectivity index (χ2v) is 8.90. The van der Waals surface area contributed by atoms with Crippen molar-refractivity contribution >= 4 is 33.0 Å². The van der Waals surface area contributed by atoms with E-state index in [2.05, 4.69) is 5.32 Å². The van der Waals surface area contributed by atoms with Crippen LogP contribution in [0.1, 0.15) is 31.2 Å². The molecule has 1 N–H and O–H groups in total. The zero-order valence-electron chi connectivity index (χ0n) is 13.7. The van der Waals surface area contributed by atoms with Crippen LogP contribution in [0.5, 0.6) is 0 Å². The van der Waals surface area contributed by atoms with Gasteiger partial charge in [-0.2, -0.15) is 0 Å². The maximum Gasteiger partial charge on any atom is 0.230 e. The lowest BCUT2D eigenvalue weighted by atomic mass is 10.0. The van der Waals surface area contributed by atoms with Gasteiger partial charge >= 0.3 is 0 Å². The van der Waals surface area contributed by atoms with Gasteiger partial charge in [0.05, 0.1) is 5.75 Å². The molecule has 1 fully saturated rings. The van der Waals surface area contributed by atoms with Crippen molar-refractivity contribution in [2.75, 3.05) is 28.8 Å². The SMILES string of the molecule is CS(=O)(=O)CCC(=O)Nc1ccc2c(c1)CCCN2C(=O)C1CC1. The third kappa shape index (κ3) is 4.14. The number of rotatable bonds is 5. The van der Waals surface area contributed by atoms with Crippen LogP contribution in [0, 0.1) is 5.92 Å². The van der Waals surface area contributed by atoms with Crippen LogP contribution in [0.3, 0.4) is 0 Å². The Balaban J connectivity index is 1.69. The molecule has 0 spiro atoms. The first kappa shape index (κ1) is 17.0. The smallest absolute Gasteiger partial charge is 0.230 e. The van der Waals surface area contributed by atoms with Crippen molar-refractivity contribution in [3.63, 3.8) is 0 Å². The maximum atomic E-state index is 12.4. The van der Waals surface area contributed by atoms with Crippen LogP contribution in [0.15, 0.2) is 18.2 Å². The van der Waals surface area contributed by atoms with E-state index in [0.29, 0.717) is 5.69 Å². The van der Waals surface area contributed by atoms with Crippen LogP contribution in [0.25, 0.3) is 0 Å². The van der Waals surface area contributed by atoms with Gasteiger partial charge in [0.1, 0.15) is 9.84 Å². The van der Waals surface area contributed by atoms with Crippen LogP contribution in [-0.4, -0.2) is 38.8 Å². The molecule has 0 aromatic heterocycles. The average molecular weight is 350 g/mol. The number of carbonyl (C=O) groups excluding carboxylic acids is 2. The average Bonchev–Trinajstić information content (AvgIpc) is 3.36. The minimum absolute atomic E-state index is 0.0534. The van der Waals surface area contributed by atoms with Crippen LogP contribution < -0.4 is 10.2 Å². The summed E-state index contributed by atoms with van der Waals surface area (Å²) in [5.41, 5.74) is 2.64. The quantitative estimate of drug-likeness (QED) is 0.877. The molecule has 1 aromatic carbocycles. The second-order valence-electron chi connectivity index (χ2n) is 6.64. The van der Waals surface area contributed by atoms with Gasteiger partial charge in [-0.25, -0.2) is 8.42 Å². The van der Waals surface area contributed by atoms with Crippen LogP contribution >= 0.6 is 0 Å². The van der Waals surface area contributed by atoms with E-state index in [9.17, 15) is 18.0 Å². The zero-order valence-corrected chi connectivity index (χ0v) is 14.6. The van der Waals surface area contributed by atoms with Gasteiger partial charge in [-0.05, 0) is 49.4 Å². The van der Waals surface area contributed by atoms with Gasteiger partial charge in [0, 0.05) is 36.5 Å². The third-order valence-corrected chi connectivity index (χ3v) is 5.32. The maximum absolute atomic E-state index is 12.4. The normalized spacial score (nSPS) is 17.3. The highest BCUT2D eigenvalue weighted by atomic mass is 32.2. The van der Waals surface area contributed by atoms with Gasteiger partial charge in [-0.1, -0.05) is 0 Å². The van der Waals surface area contributed by atoms with Crippen molar-refractivity contribution in [2.24, 2.45) is 5.92 Å². The fourth-order valence-corrected chi connectivity index (χ4v) is 3.51. The molecule has 0 bridgehead atoms. The van der Waals surface area contributed by atoms with Crippen molar-refractivity contribution in [1.82, 2.24) is 0 Å². The van der Waals surface area contributed by atoms with Gasteiger partial charge in [0.2, 0.25) is 11.8 Å². The van der Waals surface area contributed by atoms with Crippen LogP contribution in [0.2, 0.25) is 0 Å². The van der Waals surface area contributed by atoms with E-state index in [-0.39, 0.29) is 29.9 Å². The summed E-state index contributed by atoms with van der Waals surface area (Å²) >= 11 is 0. The first-order valence-electron chi connectivity index (χ1n) is 8.25. The topological polar surface area (TPSA) is 83.6 Å². The Morgan fingerprint density at radius 3 is 2.71 bits per heavy atom. The number of anilines is 2. The summed E-state index contributed by atoms with van der Waals surface area (Å²) in [6.45, 7) is 0.752. The van der Waals surface area contributed by atoms with E-state index in [0.717, 1.165) is 49.7 Å². The molecule has 0 atom stereocenters. The minimum Gasteiger partial charge on any atom is -0.326 e. The summed E-state index contributed by atoms with van der Waals surface area (Å²) < 4.78 is 22.2. The number of hydrogen-bond donors (Lipinski definition) is 1. The summed E-state index contributed by atoms with van der Waals surface area (Å²) in [5.74, 6) is -0.0812. The lowest BCUT2D eigenvalue weighted by molar-refractivity contribution is -0.120. The van der Waals surface area contributed by atoms with Crippen molar-refractivity contribution in [2.45, 2.75) is 32.1 Å². The highest BCUT2D eigenvalue weighted by Gasteiger charge is 2.35. The molecule has 0 radical (unpaired) electrons. The number of benzene rings is 1. The Hall–Kier alpha value is -1.89. The van der Waals surface area contributed by atoms with Gasteiger partial charge in [0.15, 0.2) is 0 Å². The molecule has 1 saturated carbocycles. The Morgan fingerprint density at radius 1 is 1.29 bits per heavy atom. The van der Waals surface area contributed by atoms with Gasteiger partial charge in [-0.3, -0.25) is 9.59 Å². The molecule has 6 nitrogen and oxygen atoms in total. The summed E-state index contributed by atoms with van der Waals surface area (Å²) in [5, 5.41) is 2.74. The van der Waals surface area contributed by atoms with Gasteiger partial charge in [-0.15, -0.1) is 0 Å². The lowest BCUT2D eigenvalue weighted by Gasteiger charge is -2.30. The number of carbonyl (C=O) groups is 2. The van der Waals surface area contributed by atoms with Gasteiger partial charge in [0.25, 0.3) is 0 Å². The molecular weight excluding hydrogens is 328 g/mol. The number of sulfone groups is 1. The number of amides is 2. The standard InChI is InChI=1S/C17H22N2O4S/c1-24(22,23)10-8-16(20)18-14-6-7-15-13(11-14)3-2-9-19(15)17(21)12-4-5-12/h6-7,11-12H,2-5,8-10H2,1H3,(H,18,20). The van der Waals surface area contributed by atoms with Crippen molar-refractivity contribution < 1.29 is 18.0 Å². The first-order chi connectivity index (χ1) is 11.3. The van der Waals surface area contributed by atoms with Crippen LogP contribution in [0.4, 0.5) is 11.4 Å². The molecule has 130 valence electrons. The highest BCUT2D eigenvalue weighted by Crippen LogP contribution is 2.36. The zero-order chi connectivity index (χ0) is 17.3. The number of aryl methyl sites for hydroxylation is 1. The number of nitrogens with one attached hydrogen (secondary N) is 1. The second kappa shape index (κ2) is 6.55. The Morgan fingerprint density at radius 2 is 2.04 bits per heavy atom. The first-order valence-corrected chi connectivity index (χ1v) is 10.3. The number of fused-ring (bicyclic) bond motifs is 1. The molecule has 1 aliphatic heterocycles. The molecule has 1 aromatic rings. The number of hydrogen-bond acceptors (Lipinski definition) is 4. The largest absolute Gasteiger partial charge is 0.326 e. The molecule has 1 heterocycles. The summed E-state index contributed by atoms with van der Waals surface area (Å²) in [6.07, 6.45) is 4.82. The Bertz CT molecular complexity index is 769.